The first-order chi connectivity index (χ1) is 9.16. The summed E-state index contributed by atoms with van der Waals surface area (Å²) in [5.74, 6) is -1.98. The quantitative estimate of drug-likeness (QED) is 0.686. The number of hydrogen-bond donors (Lipinski definition) is 2. The highest BCUT2D eigenvalue weighted by atomic mass is 16.4. The van der Waals surface area contributed by atoms with Crippen LogP contribution in [0.4, 0.5) is 4.79 Å². The summed E-state index contributed by atoms with van der Waals surface area (Å²) in [5.41, 5.74) is -1.12. The molecule has 8 nitrogen and oxygen atoms in total. The molecule has 0 saturated carbocycles. The van der Waals surface area contributed by atoms with Crippen molar-refractivity contribution in [2.75, 3.05) is 20.1 Å². The Balaban J connectivity index is 2.71. The fourth-order valence-corrected chi connectivity index (χ4v) is 1.86. The molecule has 8 heteroatoms. The molecule has 1 fully saturated rings. The van der Waals surface area contributed by atoms with E-state index in [4.69, 9.17) is 5.11 Å². The number of carbonyl (C=O) groups excluding carboxylic acids is 3. The third-order valence-corrected chi connectivity index (χ3v) is 3.23. The molecule has 0 aromatic carbocycles. The van der Waals surface area contributed by atoms with Crippen molar-refractivity contribution in [2.45, 2.75) is 32.2 Å². The zero-order valence-electron chi connectivity index (χ0n) is 11.8. The van der Waals surface area contributed by atoms with Gasteiger partial charge >= 0.3 is 12.0 Å². The van der Waals surface area contributed by atoms with Gasteiger partial charge in [-0.15, -0.1) is 0 Å². The maximum Gasteiger partial charge on any atom is 0.321 e. The summed E-state index contributed by atoms with van der Waals surface area (Å²) in [6, 6.07) is -0.469. The minimum Gasteiger partial charge on any atom is -0.481 e. The van der Waals surface area contributed by atoms with Gasteiger partial charge in [0.1, 0.15) is 12.1 Å². The van der Waals surface area contributed by atoms with E-state index >= 15 is 0 Å². The maximum atomic E-state index is 12.3. The van der Waals surface area contributed by atoms with Crippen molar-refractivity contribution >= 4 is 23.8 Å². The third-order valence-electron chi connectivity index (χ3n) is 3.23. The number of carboxylic acid groups (broad SMARTS) is 1. The molecule has 0 unspecified atom stereocenters. The number of rotatable bonds is 4. The molecule has 1 aliphatic rings. The molecule has 0 bridgehead atoms. The van der Waals surface area contributed by atoms with E-state index in [2.05, 4.69) is 5.32 Å². The van der Waals surface area contributed by atoms with Crippen molar-refractivity contribution in [1.29, 1.82) is 0 Å². The highest BCUT2D eigenvalue weighted by Gasteiger charge is 2.44. The van der Waals surface area contributed by atoms with Gasteiger partial charge in [-0.3, -0.25) is 19.7 Å². The largest absolute Gasteiger partial charge is 0.481 e. The third kappa shape index (κ3) is 3.46. The van der Waals surface area contributed by atoms with Gasteiger partial charge in [0.25, 0.3) is 5.91 Å². The molecule has 1 heterocycles. The molecule has 112 valence electrons. The highest BCUT2D eigenvalue weighted by molar-refractivity contribution is 6.05. The molecule has 0 aliphatic carbocycles. The van der Waals surface area contributed by atoms with Gasteiger partial charge in [-0.1, -0.05) is 0 Å². The SMILES string of the molecule is CN(CCCC(=O)O)C(=O)N1CC(=O)NC(=O)C1(C)C. The minimum absolute atomic E-state index is 0.0412. The highest BCUT2D eigenvalue weighted by Crippen LogP contribution is 2.19. The van der Waals surface area contributed by atoms with Crippen LogP contribution in [-0.4, -0.2) is 64.4 Å². The van der Waals surface area contributed by atoms with Crippen molar-refractivity contribution in [3.05, 3.63) is 0 Å². The van der Waals surface area contributed by atoms with Gasteiger partial charge in [0.05, 0.1) is 0 Å². The Kier molecular flexibility index (Phi) is 4.69. The number of nitrogens with one attached hydrogen (secondary N) is 1. The fourth-order valence-electron chi connectivity index (χ4n) is 1.86. The number of aliphatic carboxylic acids is 1. The Bertz CT molecular complexity index is 446. The number of carbonyl (C=O) groups is 4. The fraction of sp³-hybridized carbons (Fsp3) is 0.667. The second-order valence-electron chi connectivity index (χ2n) is 5.22. The zero-order valence-corrected chi connectivity index (χ0v) is 11.8. The maximum absolute atomic E-state index is 12.3. The van der Waals surface area contributed by atoms with Crippen molar-refractivity contribution in [2.24, 2.45) is 0 Å². The number of carboxylic acids is 1. The minimum atomic E-state index is -1.12. The van der Waals surface area contributed by atoms with Crippen molar-refractivity contribution in [3.8, 4) is 0 Å². The van der Waals surface area contributed by atoms with E-state index in [1.807, 2.05) is 0 Å². The smallest absolute Gasteiger partial charge is 0.321 e. The topological polar surface area (TPSA) is 107 Å². The Morgan fingerprint density at radius 3 is 2.55 bits per heavy atom. The summed E-state index contributed by atoms with van der Waals surface area (Å²) in [4.78, 5) is 48.3. The summed E-state index contributed by atoms with van der Waals surface area (Å²) < 4.78 is 0. The normalized spacial score (nSPS) is 17.6. The lowest BCUT2D eigenvalue weighted by atomic mass is 9.99. The van der Waals surface area contributed by atoms with Gasteiger partial charge in [-0.2, -0.15) is 0 Å². The lowest BCUT2D eigenvalue weighted by molar-refractivity contribution is -0.143. The van der Waals surface area contributed by atoms with E-state index in [9.17, 15) is 19.2 Å². The first-order valence-corrected chi connectivity index (χ1v) is 6.25. The molecule has 0 spiro atoms. The molecule has 0 aromatic rings. The zero-order chi connectivity index (χ0) is 15.5. The molecule has 1 saturated heterocycles. The number of urea groups is 1. The molecular formula is C12H19N3O5. The monoisotopic (exact) mass is 285 g/mol. The van der Waals surface area contributed by atoms with Crippen molar-refractivity contribution in [3.63, 3.8) is 0 Å². The molecule has 20 heavy (non-hydrogen) atoms. The molecule has 1 rings (SSSR count). The van der Waals surface area contributed by atoms with E-state index in [1.165, 1.54) is 16.8 Å². The summed E-state index contributed by atoms with van der Waals surface area (Å²) in [7, 11) is 1.51. The molecular weight excluding hydrogens is 266 g/mol. The van der Waals surface area contributed by atoms with Gasteiger partial charge in [-0.05, 0) is 20.3 Å². The van der Waals surface area contributed by atoms with Crippen LogP contribution in [0.3, 0.4) is 0 Å². The summed E-state index contributed by atoms with van der Waals surface area (Å²) in [6.45, 7) is 3.16. The van der Waals surface area contributed by atoms with Crippen LogP contribution in [0.5, 0.6) is 0 Å². The molecule has 0 radical (unpaired) electrons. The summed E-state index contributed by atoms with van der Waals surface area (Å²) >= 11 is 0. The average Bonchev–Trinajstić information content (AvgIpc) is 2.32. The van der Waals surface area contributed by atoms with Crippen LogP contribution in [0.2, 0.25) is 0 Å². The molecule has 4 amide bonds. The van der Waals surface area contributed by atoms with Crippen LogP contribution in [0.15, 0.2) is 0 Å². The Morgan fingerprint density at radius 2 is 2.00 bits per heavy atom. The number of amides is 4. The first kappa shape index (κ1) is 15.9. The second kappa shape index (κ2) is 5.89. The molecule has 0 atom stereocenters. The van der Waals surface area contributed by atoms with Crippen LogP contribution in [-0.2, 0) is 14.4 Å². The number of piperazine rings is 1. The van der Waals surface area contributed by atoms with Gasteiger partial charge in [-0.25, -0.2) is 4.79 Å². The predicted octanol–water partition coefficient (Wildman–Crippen LogP) is -0.360. The van der Waals surface area contributed by atoms with Crippen LogP contribution < -0.4 is 5.32 Å². The number of nitrogens with zero attached hydrogens (tertiary/aromatic N) is 2. The van der Waals surface area contributed by atoms with E-state index in [-0.39, 0.29) is 19.5 Å². The summed E-state index contributed by atoms with van der Waals surface area (Å²) in [5, 5.41) is 10.7. The van der Waals surface area contributed by atoms with Gasteiger partial charge < -0.3 is 14.9 Å². The first-order valence-electron chi connectivity index (χ1n) is 6.25. The van der Waals surface area contributed by atoms with E-state index in [0.717, 1.165) is 0 Å². The Labute approximate surface area is 116 Å². The average molecular weight is 285 g/mol. The Morgan fingerprint density at radius 1 is 1.40 bits per heavy atom. The Hall–Kier alpha value is -2.12. The van der Waals surface area contributed by atoms with Crippen molar-refractivity contribution in [1.82, 2.24) is 15.1 Å². The van der Waals surface area contributed by atoms with E-state index in [1.54, 1.807) is 13.8 Å². The van der Waals surface area contributed by atoms with Crippen LogP contribution in [0.25, 0.3) is 0 Å². The van der Waals surface area contributed by atoms with Gasteiger partial charge in [0.2, 0.25) is 5.91 Å². The lowest BCUT2D eigenvalue weighted by Gasteiger charge is -2.41. The van der Waals surface area contributed by atoms with Gasteiger partial charge in [0.15, 0.2) is 0 Å². The van der Waals surface area contributed by atoms with Crippen LogP contribution in [0.1, 0.15) is 26.7 Å². The molecule has 1 aliphatic heterocycles. The predicted molar refractivity (Wildman–Crippen MR) is 68.8 cm³/mol. The lowest BCUT2D eigenvalue weighted by Crippen LogP contribution is -2.67. The van der Waals surface area contributed by atoms with E-state index < -0.39 is 29.4 Å². The number of hydrogen-bond acceptors (Lipinski definition) is 4. The second-order valence-corrected chi connectivity index (χ2v) is 5.22. The van der Waals surface area contributed by atoms with Crippen LogP contribution >= 0.6 is 0 Å². The van der Waals surface area contributed by atoms with Crippen LogP contribution in [0, 0.1) is 0 Å². The van der Waals surface area contributed by atoms with Crippen molar-refractivity contribution < 1.29 is 24.3 Å². The number of imide groups is 1. The van der Waals surface area contributed by atoms with Gasteiger partial charge in [0, 0.05) is 20.0 Å². The van der Waals surface area contributed by atoms with E-state index in [0.29, 0.717) is 6.42 Å². The molecule has 2 N–H and O–H groups in total. The molecule has 0 aromatic heterocycles. The standard InChI is InChI=1S/C12H19N3O5/c1-12(2)10(19)13-8(16)7-15(12)11(20)14(3)6-4-5-9(17)18/h4-7H2,1-3H3,(H,17,18)(H,13,16,19). The summed E-state index contributed by atoms with van der Waals surface area (Å²) in [6.07, 6.45) is 0.270.